The molecular weight excluding hydrogens is 228 g/mol. The van der Waals surface area contributed by atoms with Crippen LogP contribution in [0.4, 0.5) is 0 Å². The van der Waals surface area contributed by atoms with Crippen molar-refractivity contribution < 1.29 is 9.90 Å². The number of nitrogens with two attached hydrogens (primary N) is 1. The van der Waals surface area contributed by atoms with Crippen LogP contribution in [0, 0.1) is 0 Å². The van der Waals surface area contributed by atoms with Crippen LogP contribution >= 0.6 is 11.6 Å². The minimum absolute atomic E-state index is 0.465. The number of hydrogen-bond acceptors (Lipinski definition) is 3. The summed E-state index contributed by atoms with van der Waals surface area (Å²) in [5, 5.41) is 10.1. The smallest absolute Gasteiger partial charge is 0.325 e. The number of halogens is 1. The Balaban J connectivity index is 2.72. The first-order valence-electron chi connectivity index (χ1n) is 4.63. The first-order chi connectivity index (χ1) is 7.61. The molecule has 0 radical (unpaired) electrons. The first kappa shape index (κ1) is 10.9. The molecule has 0 amide bonds. The van der Waals surface area contributed by atoms with Gasteiger partial charge in [-0.25, -0.2) is 0 Å². The summed E-state index contributed by atoms with van der Waals surface area (Å²) in [5.74, 6) is -1.09. The van der Waals surface area contributed by atoms with Gasteiger partial charge in [-0.2, -0.15) is 0 Å². The Kier molecular flexibility index (Phi) is 2.77. The normalized spacial score (nSPS) is 12.6. The molecule has 0 aliphatic heterocycles. The van der Waals surface area contributed by atoms with Crippen LogP contribution in [-0.2, 0) is 4.79 Å². The number of benzene rings is 1. The largest absolute Gasteiger partial charge is 0.480 e. The van der Waals surface area contributed by atoms with E-state index in [0.29, 0.717) is 21.5 Å². The molecule has 5 heteroatoms. The van der Waals surface area contributed by atoms with Crippen molar-refractivity contribution in [3.8, 4) is 0 Å². The van der Waals surface area contributed by atoms with Gasteiger partial charge in [0.05, 0.1) is 5.52 Å². The predicted octanol–water partition coefficient (Wildman–Crippen LogP) is 1.97. The number of aromatic nitrogens is 1. The van der Waals surface area contributed by atoms with Crippen molar-refractivity contribution >= 4 is 28.5 Å². The molecule has 2 aromatic rings. The molecule has 4 nitrogen and oxygen atoms in total. The minimum atomic E-state index is -1.09. The summed E-state index contributed by atoms with van der Waals surface area (Å²) in [6.07, 6.45) is 1.58. The summed E-state index contributed by atoms with van der Waals surface area (Å²) in [6.45, 7) is 0. The van der Waals surface area contributed by atoms with Gasteiger partial charge >= 0.3 is 5.97 Å². The second-order valence-corrected chi connectivity index (χ2v) is 3.76. The fourth-order valence-corrected chi connectivity index (χ4v) is 1.76. The molecule has 1 unspecified atom stereocenters. The van der Waals surface area contributed by atoms with E-state index in [1.165, 1.54) is 0 Å². The van der Waals surface area contributed by atoms with E-state index in [0.717, 1.165) is 0 Å². The van der Waals surface area contributed by atoms with Crippen LogP contribution in [0.3, 0.4) is 0 Å². The molecule has 0 fully saturated rings. The molecule has 2 rings (SSSR count). The molecule has 16 heavy (non-hydrogen) atoms. The number of hydrogen-bond donors (Lipinski definition) is 2. The Morgan fingerprint density at radius 2 is 2.19 bits per heavy atom. The second kappa shape index (κ2) is 4.08. The lowest BCUT2D eigenvalue weighted by molar-refractivity contribution is -0.138. The van der Waals surface area contributed by atoms with Crippen LogP contribution in [0.15, 0.2) is 30.5 Å². The topological polar surface area (TPSA) is 76.2 Å². The van der Waals surface area contributed by atoms with Crippen molar-refractivity contribution in [2.75, 3.05) is 0 Å². The van der Waals surface area contributed by atoms with E-state index in [9.17, 15) is 4.79 Å². The van der Waals surface area contributed by atoms with Gasteiger partial charge in [-0.05, 0) is 18.2 Å². The van der Waals surface area contributed by atoms with E-state index < -0.39 is 12.0 Å². The van der Waals surface area contributed by atoms with Crippen LogP contribution in [0.5, 0.6) is 0 Å². The fraction of sp³-hybridized carbons (Fsp3) is 0.0909. The van der Waals surface area contributed by atoms with Gasteiger partial charge in [0.15, 0.2) is 0 Å². The van der Waals surface area contributed by atoms with Crippen molar-refractivity contribution in [3.05, 3.63) is 41.0 Å². The van der Waals surface area contributed by atoms with Crippen molar-refractivity contribution in [3.63, 3.8) is 0 Å². The highest BCUT2D eigenvalue weighted by molar-refractivity contribution is 6.35. The van der Waals surface area contributed by atoms with Gasteiger partial charge in [0, 0.05) is 22.2 Å². The standard InChI is InChI=1S/C11H9ClN2O2/c12-8-4-3-7(9(13)11(15)16)10-6(8)2-1-5-14-10/h1-5,9H,13H2,(H,15,16). The lowest BCUT2D eigenvalue weighted by atomic mass is 10.0. The third-order valence-electron chi connectivity index (χ3n) is 2.35. The van der Waals surface area contributed by atoms with Gasteiger partial charge in [0.25, 0.3) is 0 Å². The third-order valence-corrected chi connectivity index (χ3v) is 2.68. The number of carboxylic acids is 1. The zero-order chi connectivity index (χ0) is 11.7. The molecule has 0 bridgehead atoms. The average molecular weight is 237 g/mol. The van der Waals surface area contributed by atoms with Crippen LogP contribution in [0.1, 0.15) is 11.6 Å². The third kappa shape index (κ3) is 1.73. The average Bonchev–Trinajstić information content (AvgIpc) is 2.29. The molecular formula is C11H9ClN2O2. The Labute approximate surface area is 96.7 Å². The molecule has 3 N–H and O–H groups in total. The minimum Gasteiger partial charge on any atom is -0.480 e. The zero-order valence-electron chi connectivity index (χ0n) is 8.22. The highest BCUT2D eigenvalue weighted by atomic mass is 35.5. The number of nitrogens with zero attached hydrogens (tertiary/aromatic N) is 1. The van der Waals surface area contributed by atoms with Crippen LogP contribution < -0.4 is 5.73 Å². The van der Waals surface area contributed by atoms with E-state index in [-0.39, 0.29) is 0 Å². The quantitative estimate of drug-likeness (QED) is 0.836. The van der Waals surface area contributed by atoms with E-state index in [2.05, 4.69) is 4.98 Å². The Bertz CT molecular complexity index is 557. The summed E-state index contributed by atoms with van der Waals surface area (Å²) in [5.41, 5.74) is 6.57. The number of carbonyl (C=O) groups is 1. The van der Waals surface area contributed by atoms with Gasteiger partial charge in [0.1, 0.15) is 6.04 Å². The highest BCUT2D eigenvalue weighted by Gasteiger charge is 2.18. The van der Waals surface area contributed by atoms with Gasteiger partial charge in [-0.3, -0.25) is 9.78 Å². The molecule has 1 aromatic heterocycles. The highest BCUT2D eigenvalue weighted by Crippen LogP contribution is 2.27. The van der Waals surface area contributed by atoms with E-state index in [1.54, 1.807) is 30.5 Å². The molecule has 1 atom stereocenters. The predicted molar refractivity (Wildman–Crippen MR) is 61.3 cm³/mol. The van der Waals surface area contributed by atoms with Gasteiger partial charge in [0.2, 0.25) is 0 Å². The Hall–Kier alpha value is -1.65. The van der Waals surface area contributed by atoms with Crippen LogP contribution in [0.25, 0.3) is 10.9 Å². The maximum absolute atomic E-state index is 10.8. The van der Waals surface area contributed by atoms with Crippen molar-refractivity contribution in [2.24, 2.45) is 5.73 Å². The Morgan fingerprint density at radius 1 is 1.44 bits per heavy atom. The monoisotopic (exact) mass is 236 g/mol. The zero-order valence-corrected chi connectivity index (χ0v) is 8.98. The first-order valence-corrected chi connectivity index (χ1v) is 5.00. The molecule has 0 aliphatic carbocycles. The lowest BCUT2D eigenvalue weighted by Gasteiger charge is -2.10. The maximum Gasteiger partial charge on any atom is 0.325 e. The molecule has 0 aliphatic rings. The summed E-state index contributed by atoms with van der Waals surface area (Å²) < 4.78 is 0. The van der Waals surface area contributed by atoms with Crippen molar-refractivity contribution in [1.29, 1.82) is 0 Å². The lowest BCUT2D eigenvalue weighted by Crippen LogP contribution is -2.21. The van der Waals surface area contributed by atoms with E-state index in [1.807, 2.05) is 0 Å². The molecule has 82 valence electrons. The summed E-state index contributed by atoms with van der Waals surface area (Å²) >= 11 is 5.99. The number of carboxylic acid groups (broad SMARTS) is 1. The Morgan fingerprint density at radius 3 is 2.88 bits per heavy atom. The SMILES string of the molecule is NC(C(=O)O)c1ccc(Cl)c2cccnc12. The van der Waals surface area contributed by atoms with Gasteiger partial charge in [-0.1, -0.05) is 17.7 Å². The van der Waals surface area contributed by atoms with Gasteiger partial charge < -0.3 is 10.8 Å². The number of pyridine rings is 1. The fourth-order valence-electron chi connectivity index (χ4n) is 1.54. The molecule has 1 heterocycles. The summed E-state index contributed by atoms with van der Waals surface area (Å²) in [7, 11) is 0. The van der Waals surface area contributed by atoms with E-state index >= 15 is 0 Å². The molecule has 0 saturated heterocycles. The second-order valence-electron chi connectivity index (χ2n) is 3.35. The van der Waals surface area contributed by atoms with Gasteiger partial charge in [-0.15, -0.1) is 0 Å². The maximum atomic E-state index is 10.8. The number of rotatable bonds is 2. The summed E-state index contributed by atoms with van der Waals surface area (Å²) in [4.78, 5) is 15.0. The van der Waals surface area contributed by atoms with Crippen LogP contribution in [0.2, 0.25) is 5.02 Å². The van der Waals surface area contributed by atoms with Crippen LogP contribution in [-0.4, -0.2) is 16.1 Å². The number of fused-ring (bicyclic) bond motifs is 1. The molecule has 0 spiro atoms. The molecule has 1 aromatic carbocycles. The van der Waals surface area contributed by atoms with E-state index in [4.69, 9.17) is 22.4 Å². The molecule has 0 saturated carbocycles. The van der Waals surface area contributed by atoms with Crippen molar-refractivity contribution in [1.82, 2.24) is 4.98 Å². The van der Waals surface area contributed by atoms with Crippen molar-refractivity contribution in [2.45, 2.75) is 6.04 Å². The summed E-state index contributed by atoms with van der Waals surface area (Å²) in [6, 6.07) is 5.65. The number of aliphatic carboxylic acids is 1.